The van der Waals surface area contributed by atoms with Gasteiger partial charge in [0.1, 0.15) is 0 Å². The fraction of sp³-hybridized carbons (Fsp3) is 0.464. The molecule has 2 aliphatic rings. The van der Waals surface area contributed by atoms with Gasteiger partial charge in [-0.25, -0.2) is 4.98 Å². The lowest BCUT2D eigenvalue weighted by atomic mass is 9.90. The molecule has 2 saturated heterocycles. The standard InChI is InChI=1S/C28H36N6O/c1-31(2)24-12-17-33(18-13-24)25-8-6-21(7-9-25)23-5-4-16-34(20-23)28-30-26(19-27(35)32(28)3)22-10-14-29-15-11-22/h6-11,14-15,19,23-24H,4-5,12-13,16-18,20H2,1-3H3. The average molecular weight is 473 g/mol. The number of hydrogen-bond acceptors (Lipinski definition) is 6. The molecule has 4 heterocycles. The van der Waals surface area contributed by atoms with Crippen molar-refractivity contribution in [3.63, 3.8) is 0 Å². The minimum atomic E-state index is -0.0358. The summed E-state index contributed by atoms with van der Waals surface area (Å²) in [5, 5.41) is 0. The predicted octanol–water partition coefficient (Wildman–Crippen LogP) is 3.76. The Balaban J connectivity index is 1.31. The molecule has 3 aromatic rings. The van der Waals surface area contributed by atoms with Crippen LogP contribution < -0.4 is 15.4 Å². The van der Waals surface area contributed by atoms with Gasteiger partial charge in [-0.05, 0) is 69.6 Å². The Bertz CT molecular complexity index is 1180. The van der Waals surface area contributed by atoms with Crippen LogP contribution in [-0.4, -0.2) is 65.8 Å². The summed E-state index contributed by atoms with van der Waals surface area (Å²) in [7, 11) is 6.19. The van der Waals surface area contributed by atoms with Gasteiger partial charge in [0, 0.05) is 74.9 Å². The van der Waals surface area contributed by atoms with Gasteiger partial charge in [-0.15, -0.1) is 0 Å². The van der Waals surface area contributed by atoms with Crippen molar-refractivity contribution in [3.8, 4) is 11.3 Å². The number of anilines is 2. The van der Waals surface area contributed by atoms with Crippen molar-refractivity contribution in [2.24, 2.45) is 7.05 Å². The van der Waals surface area contributed by atoms with Crippen LogP contribution in [0.2, 0.25) is 0 Å². The maximum Gasteiger partial charge on any atom is 0.255 e. The largest absolute Gasteiger partial charge is 0.371 e. The summed E-state index contributed by atoms with van der Waals surface area (Å²) in [6, 6.07) is 15.3. The number of nitrogens with zero attached hydrogens (tertiary/aromatic N) is 6. The van der Waals surface area contributed by atoms with E-state index in [0.717, 1.165) is 50.5 Å². The molecule has 2 aromatic heterocycles. The molecule has 0 saturated carbocycles. The Morgan fingerprint density at radius 3 is 2.31 bits per heavy atom. The molecule has 0 spiro atoms. The average Bonchev–Trinajstić information content (AvgIpc) is 2.91. The van der Waals surface area contributed by atoms with Crippen LogP contribution in [0.1, 0.15) is 37.2 Å². The number of piperidine rings is 2. The number of pyridine rings is 1. The zero-order chi connectivity index (χ0) is 24.4. The highest BCUT2D eigenvalue weighted by atomic mass is 16.1. The third kappa shape index (κ3) is 5.10. The van der Waals surface area contributed by atoms with Gasteiger partial charge in [0.05, 0.1) is 5.69 Å². The highest BCUT2D eigenvalue weighted by Crippen LogP contribution is 2.31. The van der Waals surface area contributed by atoms with Gasteiger partial charge in [0.15, 0.2) is 0 Å². The molecule has 0 bridgehead atoms. The van der Waals surface area contributed by atoms with E-state index in [-0.39, 0.29) is 5.56 Å². The first-order valence-electron chi connectivity index (χ1n) is 12.7. The summed E-state index contributed by atoms with van der Waals surface area (Å²) < 4.78 is 1.67. The van der Waals surface area contributed by atoms with E-state index in [4.69, 9.17) is 4.98 Å². The monoisotopic (exact) mass is 472 g/mol. The maximum atomic E-state index is 12.7. The Morgan fingerprint density at radius 2 is 1.63 bits per heavy atom. The van der Waals surface area contributed by atoms with Crippen molar-refractivity contribution in [2.75, 3.05) is 50.1 Å². The van der Waals surface area contributed by atoms with Crippen molar-refractivity contribution >= 4 is 11.6 Å². The minimum Gasteiger partial charge on any atom is -0.371 e. The van der Waals surface area contributed by atoms with Crippen molar-refractivity contribution < 1.29 is 0 Å². The first-order chi connectivity index (χ1) is 17.0. The third-order valence-electron chi connectivity index (χ3n) is 7.72. The van der Waals surface area contributed by atoms with E-state index in [1.165, 1.54) is 24.1 Å². The lowest BCUT2D eigenvalue weighted by molar-refractivity contribution is 0.249. The molecule has 0 N–H and O–H groups in total. The van der Waals surface area contributed by atoms with Crippen LogP contribution in [0, 0.1) is 0 Å². The molecule has 2 aliphatic heterocycles. The van der Waals surface area contributed by atoms with Crippen molar-refractivity contribution in [3.05, 3.63) is 70.8 Å². The number of benzene rings is 1. The lowest BCUT2D eigenvalue weighted by Gasteiger charge is -2.37. The highest BCUT2D eigenvalue weighted by Gasteiger charge is 2.25. The summed E-state index contributed by atoms with van der Waals surface area (Å²) in [6.45, 7) is 4.02. The number of aromatic nitrogens is 3. The maximum absolute atomic E-state index is 12.7. The molecule has 1 atom stereocenters. The van der Waals surface area contributed by atoms with Gasteiger partial charge in [0.2, 0.25) is 5.95 Å². The topological polar surface area (TPSA) is 57.5 Å². The molecular formula is C28H36N6O. The molecule has 184 valence electrons. The Hall–Kier alpha value is -3.19. The summed E-state index contributed by atoms with van der Waals surface area (Å²) in [5.74, 6) is 1.17. The zero-order valence-corrected chi connectivity index (χ0v) is 21.1. The van der Waals surface area contributed by atoms with Gasteiger partial charge in [-0.1, -0.05) is 12.1 Å². The molecule has 2 fully saturated rings. The van der Waals surface area contributed by atoms with Crippen molar-refractivity contribution in [2.45, 2.75) is 37.6 Å². The Kier molecular flexibility index (Phi) is 6.86. The molecular weight excluding hydrogens is 436 g/mol. The van der Waals surface area contributed by atoms with E-state index in [9.17, 15) is 4.79 Å². The van der Waals surface area contributed by atoms with Gasteiger partial charge in [-0.2, -0.15) is 0 Å². The smallest absolute Gasteiger partial charge is 0.255 e. The summed E-state index contributed by atoms with van der Waals surface area (Å²) >= 11 is 0. The lowest BCUT2D eigenvalue weighted by Crippen LogP contribution is -2.42. The fourth-order valence-corrected chi connectivity index (χ4v) is 5.51. The number of rotatable bonds is 5. The third-order valence-corrected chi connectivity index (χ3v) is 7.72. The van der Waals surface area contributed by atoms with E-state index < -0.39 is 0 Å². The van der Waals surface area contributed by atoms with E-state index in [2.05, 4.69) is 58.0 Å². The summed E-state index contributed by atoms with van der Waals surface area (Å²) in [6.07, 6.45) is 8.15. The second-order valence-corrected chi connectivity index (χ2v) is 10.1. The van der Waals surface area contributed by atoms with Crippen molar-refractivity contribution in [1.29, 1.82) is 0 Å². The van der Waals surface area contributed by atoms with Crippen molar-refractivity contribution in [1.82, 2.24) is 19.4 Å². The molecule has 35 heavy (non-hydrogen) atoms. The van der Waals surface area contributed by atoms with Crippen LogP contribution in [0.4, 0.5) is 11.6 Å². The van der Waals surface area contributed by atoms with Gasteiger partial charge in [-0.3, -0.25) is 14.3 Å². The summed E-state index contributed by atoms with van der Waals surface area (Å²) in [5.41, 5.74) is 4.28. The molecule has 7 nitrogen and oxygen atoms in total. The summed E-state index contributed by atoms with van der Waals surface area (Å²) in [4.78, 5) is 28.9. The quantitative estimate of drug-likeness (QED) is 0.564. The SMILES string of the molecule is CN(C)C1CCN(c2ccc(C3CCCN(c4nc(-c5ccncc5)cc(=O)n4C)C3)cc2)CC1. The minimum absolute atomic E-state index is 0.0358. The first kappa shape index (κ1) is 23.5. The first-order valence-corrected chi connectivity index (χ1v) is 12.7. The second kappa shape index (κ2) is 10.2. The molecule has 0 radical (unpaired) electrons. The Morgan fingerprint density at radius 1 is 0.914 bits per heavy atom. The molecule has 0 amide bonds. The van der Waals surface area contributed by atoms with Gasteiger partial charge < -0.3 is 14.7 Å². The van der Waals surface area contributed by atoms with Gasteiger partial charge in [0.25, 0.3) is 5.56 Å². The van der Waals surface area contributed by atoms with Crippen LogP contribution in [0.15, 0.2) is 59.7 Å². The molecule has 1 unspecified atom stereocenters. The molecule has 5 rings (SSSR count). The Labute approximate surface area is 208 Å². The normalized spacial score (nSPS) is 19.4. The number of hydrogen-bond donors (Lipinski definition) is 0. The van der Waals surface area contributed by atoms with E-state index >= 15 is 0 Å². The molecule has 7 heteroatoms. The molecule has 1 aromatic carbocycles. The van der Waals surface area contributed by atoms with E-state index in [1.54, 1.807) is 23.0 Å². The van der Waals surface area contributed by atoms with Crippen LogP contribution in [0.5, 0.6) is 0 Å². The van der Waals surface area contributed by atoms with Gasteiger partial charge >= 0.3 is 0 Å². The van der Waals surface area contributed by atoms with Crippen LogP contribution >= 0.6 is 0 Å². The van der Waals surface area contributed by atoms with Crippen LogP contribution in [0.25, 0.3) is 11.3 Å². The molecule has 0 aliphatic carbocycles. The second-order valence-electron chi connectivity index (χ2n) is 10.1. The zero-order valence-electron chi connectivity index (χ0n) is 21.1. The fourth-order valence-electron chi connectivity index (χ4n) is 5.51. The van der Waals surface area contributed by atoms with Crippen LogP contribution in [0.3, 0.4) is 0 Å². The van der Waals surface area contributed by atoms with E-state index in [0.29, 0.717) is 17.7 Å². The predicted molar refractivity (Wildman–Crippen MR) is 142 cm³/mol. The van der Waals surface area contributed by atoms with E-state index in [1.807, 2.05) is 19.2 Å². The van der Waals surface area contributed by atoms with Crippen LogP contribution in [-0.2, 0) is 7.05 Å². The highest BCUT2D eigenvalue weighted by molar-refractivity contribution is 5.59.